The number of fused-ring (bicyclic) bond motifs is 1. The van der Waals surface area contributed by atoms with E-state index in [0.717, 1.165) is 5.56 Å². The standard InChI is InChI=1S/C19H20Cl2N4O3/c1-9-7-24(16-6-14(27)15(8-26)28-16)19-17(9)18(22)25(10(2)23-19)13-4-3-11(20)5-12(13)21/h3-5,7,14-16,22,26-27H,6,8H2,1-2H3/t14-,15+,16+/m0/s1. The molecule has 0 unspecified atom stereocenters. The number of nitrogens with one attached hydrogen (secondary N) is 1. The molecule has 3 N–H and O–H groups in total. The number of hydrogen-bond acceptors (Lipinski definition) is 5. The van der Waals surface area contributed by atoms with E-state index in [0.29, 0.717) is 39.0 Å². The summed E-state index contributed by atoms with van der Waals surface area (Å²) in [6.45, 7) is 3.45. The largest absolute Gasteiger partial charge is 0.394 e. The molecule has 0 radical (unpaired) electrons. The molecule has 1 aliphatic rings. The van der Waals surface area contributed by atoms with Gasteiger partial charge in [-0.1, -0.05) is 23.2 Å². The molecule has 0 spiro atoms. The van der Waals surface area contributed by atoms with Crippen LogP contribution in [0.1, 0.15) is 24.0 Å². The van der Waals surface area contributed by atoms with E-state index in [-0.39, 0.29) is 12.1 Å². The molecular weight excluding hydrogens is 403 g/mol. The van der Waals surface area contributed by atoms with Crippen LogP contribution >= 0.6 is 23.2 Å². The van der Waals surface area contributed by atoms with Gasteiger partial charge in [-0.15, -0.1) is 0 Å². The molecule has 3 atom stereocenters. The van der Waals surface area contributed by atoms with Gasteiger partial charge in [0.25, 0.3) is 0 Å². The van der Waals surface area contributed by atoms with Crippen LogP contribution < -0.4 is 5.49 Å². The van der Waals surface area contributed by atoms with Gasteiger partial charge in [0, 0.05) is 17.6 Å². The molecule has 7 nitrogen and oxygen atoms in total. The van der Waals surface area contributed by atoms with Crippen molar-refractivity contribution in [3.8, 4) is 5.69 Å². The first-order valence-electron chi connectivity index (χ1n) is 8.87. The van der Waals surface area contributed by atoms with Gasteiger partial charge in [-0.2, -0.15) is 0 Å². The minimum Gasteiger partial charge on any atom is -0.394 e. The molecule has 1 fully saturated rings. The third kappa shape index (κ3) is 3.03. The lowest BCUT2D eigenvalue weighted by atomic mass is 10.2. The molecular formula is C19H20Cl2N4O3. The van der Waals surface area contributed by atoms with Crippen molar-refractivity contribution in [2.45, 2.75) is 38.7 Å². The summed E-state index contributed by atoms with van der Waals surface area (Å²) in [6.07, 6.45) is 0.386. The van der Waals surface area contributed by atoms with Gasteiger partial charge in [0.2, 0.25) is 0 Å². The first-order chi connectivity index (χ1) is 13.3. The molecule has 1 aromatic carbocycles. The van der Waals surface area contributed by atoms with E-state index in [2.05, 4.69) is 0 Å². The topological polar surface area (TPSA) is 96.3 Å². The van der Waals surface area contributed by atoms with Crippen molar-refractivity contribution in [1.82, 2.24) is 14.1 Å². The van der Waals surface area contributed by atoms with Crippen LogP contribution in [-0.2, 0) is 4.74 Å². The van der Waals surface area contributed by atoms with E-state index in [1.54, 1.807) is 29.7 Å². The lowest BCUT2D eigenvalue weighted by Crippen LogP contribution is -2.24. The maximum absolute atomic E-state index is 10.1. The van der Waals surface area contributed by atoms with E-state index in [1.165, 1.54) is 0 Å². The third-order valence-electron chi connectivity index (χ3n) is 5.09. The Balaban J connectivity index is 1.90. The van der Waals surface area contributed by atoms with Gasteiger partial charge in [0.05, 0.1) is 28.8 Å². The summed E-state index contributed by atoms with van der Waals surface area (Å²) in [5.74, 6) is 0.582. The number of benzene rings is 1. The Labute approximate surface area is 171 Å². The van der Waals surface area contributed by atoms with Crippen LogP contribution in [-0.4, -0.2) is 43.1 Å². The number of aryl methyl sites for hydroxylation is 2. The summed E-state index contributed by atoms with van der Waals surface area (Å²) in [4.78, 5) is 4.71. The quantitative estimate of drug-likeness (QED) is 0.604. The number of rotatable bonds is 3. The number of hydrogen-bond donors (Lipinski definition) is 3. The van der Waals surface area contributed by atoms with Crippen molar-refractivity contribution < 1.29 is 14.9 Å². The second-order valence-electron chi connectivity index (χ2n) is 6.97. The molecule has 28 heavy (non-hydrogen) atoms. The Morgan fingerprint density at radius 1 is 1.32 bits per heavy atom. The van der Waals surface area contributed by atoms with Gasteiger partial charge in [-0.05, 0) is 37.6 Å². The van der Waals surface area contributed by atoms with Gasteiger partial charge in [-0.3, -0.25) is 9.98 Å². The van der Waals surface area contributed by atoms with Crippen molar-refractivity contribution >= 4 is 34.2 Å². The summed E-state index contributed by atoms with van der Waals surface area (Å²) < 4.78 is 9.28. The predicted octanol–water partition coefficient (Wildman–Crippen LogP) is 2.87. The van der Waals surface area contributed by atoms with Gasteiger partial charge in [0.15, 0.2) is 0 Å². The molecule has 0 amide bonds. The van der Waals surface area contributed by atoms with Gasteiger partial charge < -0.3 is 19.5 Å². The van der Waals surface area contributed by atoms with Crippen molar-refractivity contribution in [1.29, 1.82) is 5.41 Å². The fraction of sp³-hybridized carbons (Fsp3) is 0.368. The lowest BCUT2D eigenvalue weighted by Gasteiger charge is -2.16. The molecule has 1 aliphatic heterocycles. The zero-order valence-electron chi connectivity index (χ0n) is 15.4. The number of ether oxygens (including phenoxy) is 1. The lowest BCUT2D eigenvalue weighted by molar-refractivity contribution is -0.0430. The summed E-state index contributed by atoms with van der Waals surface area (Å²) >= 11 is 12.4. The van der Waals surface area contributed by atoms with E-state index in [9.17, 15) is 10.2 Å². The van der Waals surface area contributed by atoms with E-state index < -0.39 is 18.4 Å². The average molecular weight is 423 g/mol. The second kappa shape index (κ2) is 7.17. The highest BCUT2D eigenvalue weighted by atomic mass is 35.5. The zero-order valence-corrected chi connectivity index (χ0v) is 16.9. The molecule has 3 heterocycles. The van der Waals surface area contributed by atoms with Crippen molar-refractivity contribution in [3.63, 3.8) is 0 Å². The first-order valence-corrected chi connectivity index (χ1v) is 9.62. The summed E-state index contributed by atoms with van der Waals surface area (Å²) in [5.41, 5.74) is 2.33. The summed E-state index contributed by atoms with van der Waals surface area (Å²) in [5, 5.41) is 29.8. The Hall–Kier alpha value is -1.90. The molecule has 0 aliphatic carbocycles. The fourth-order valence-corrected chi connectivity index (χ4v) is 4.24. The maximum Gasteiger partial charge on any atom is 0.148 e. The van der Waals surface area contributed by atoms with Crippen LogP contribution in [0.3, 0.4) is 0 Å². The minimum atomic E-state index is -0.745. The summed E-state index contributed by atoms with van der Waals surface area (Å²) in [6, 6.07) is 5.12. The molecule has 148 valence electrons. The number of aromatic nitrogens is 3. The van der Waals surface area contributed by atoms with Gasteiger partial charge >= 0.3 is 0 Å². The third-order valence-corrected chi connectivity index (χ3v) is 5.63. The first kappa shape index (κ1) is 19.4. The van der Waals surface area contributed by atoms with Crippen LogP contribution in [0.4, 0.5) is 0 Å². The maximum atomic E-state index is 10.1. The molecule has 9 heteroatoms. The molecule has 3 aromatic rings. The van der Waals surface area contributed by atoms with Crippen molar-refractivity contribution in [2.75, 3.05) is 6.61 Å². The second-order valence-corrected chi connectivity index (χ2v) is 7.82. The van der Waals surface area contributed by atoms with Crippen LogP contribution in [0.5, 0.6) is 0 Å². The fourth-order valence-electron chi connectivity index (χ4n) is 3.75. The number of nitrogens with zero attached hydrogens (tertiary/aromatic N) is 3. The average Bonchev–Trinajstić information content (AvgIpc) is 3.16. The smallest absolute Gasteiger partial charge is 0.148 e. The van der Waals surface area contributed by atoms with Crippen LogP contribution in [0.2, 0.25) is 10.0 Å². The SMILES string of the molecule is Cc1cn([C@H]2C[C@H](O)[C@@H](CO)O2)c2nc(C)n(-c3ccc(Cl)cc3Cl)c(=N)c12. The monoisotopic (exact) mass is 422 g/mol. The Morgan fingerprint density at radius 2 is 2.07 bits per heavy atom. The van der Waals surface area contributed by atoms with Crippen LogP contribution in [0.15, 0.2) is 24.4 Å². The van der Waals surface area contributed by atoms with Crippen molar-refractivity contribution in [3.05, 3.63) is 51.3 Å². The molecule has 0 bridgehead atoms. The van der Waals surface area contributed by atoms with Gasteiger partial charge in [0.1, 0.15) is 29.3 Å². The number of aliphatic hydroxyl groups is 2. The Morgan fingerprint density at radius 3 is 2.71 bits per heavy atom. The van der Waals surface area contributed by atoms with E-state index in [4.69, 9.17) is 38.3 Å². The molecule has 4 rings (SSSR count). The predicted molar refractivity (Wildman–Crippen MR) is 106 cm³/mol. The highest BCUT2D eigenvalue weighted by molar-refractivity contribution is 6.35. The normalized spacial score (nSPS) is 22.3. The Kier molecular flexibility index (Phi) is 4.97. The summed E-state index contributed by atoms with van der Waals surface area (Å²) in [7, 11) is 0. The zero-order chi connectivity index (χ0) is 20.2. The highest BCUT2D eigenvalue weighted by Gasteiger charge is 2.35. The molecule has 2 aromatic heterocycles. The number of halogens is 2. The van der Waals surface area contributed by atoms with Crippen LogP contribution in [0, 0.1) is 19.3 Å². The van der Waals surface area contributed by atoms with E-state index >= 15 is 0 Å². The number of aliphatic hydroxyl groups excluding tert-OH is 2. The van der Waals surface area contributed by atoms with Crippen molar-refractivity contribution in [2.24, 2.45) is 0 Å². The highest BCUT2D eigenvalue weighted by Crippen LogP contribution is 2.32. The molecule has 0 saturated carbocycles. The van der Waals surface area contributed by atoms with E-state index in [1.807, 2.05) is 17.7 Å². The Bertz CT molecular complexity index is 1120. The molecule has 1 saturated heterocycles. The minimum absolute atomic E-state index is 0.249. The van der Waals surface area contributed by atoms with Crippen LogP contribution in [0.25, 0.3) is 16.7 Å². The van der Waals surface area contributed by atoms with Gasteiger partial charge in [-0.25, -0.2) is 4.98 Å².